The first-order valence-corrected chi connectivity index (χ1v) is 7.27. The molecule has 2 aromatic rings. The zero-order valence-electron chi connectivity index (χ0n) is 11.7. The molecule has 3 heteroatoms. The van der Waals surface area contributed by atoms with Crippen molar-refractivity contribution >= 4 is 17.3 Å². The predicted molar refractivity (Wildman–Crippen MR) is 88.6 cm³/mol. The monoisotopic (exact) mass is 284 g/mol. The van der Waals surface area contributed by atoms with Gasteiger partial charge in [0.1, 0.15) is 0 Å². The summed E-state index contributed by atoms with van der Waals surface area (Å²) in [5.41, 5.74) is 2.55. The molecule has 0 unspecified atom stereocenters. The summed E-state index contributed by atoms with van der Waals surface area (Å²) in [4.78, 5) is 0. The standard InChI is InChI=1S/C17H20N2S/c1-14(12-15-8-4-2-5-9-15)19-17(20)18-13-16-10-6-3-7-11-16/h2-11,14H,12-13H2,1H3,(H2,18,19,20)/t14-/m0/s1. The van der Waals surface area contributed by atoms with E-state index in [9.17, 15) is 0 Å². The van der Waals surface area contributed by atoms with Gasteiger partial charge in [-0.2, -0.15) is 0 Å². The molecule has 2 nitrogen and oxygen atoms in total. The molecule has 0 bridgehead atoms. The Morgan fingerprint density at radius 3 is 2.10 bits per heavy atom. The molecular weight excluding hydrogens is 264 g/mol. The number of benzene rings is 2. The van der Waals surface area contributed by atoms with Crippen molar-refractivity contribution < 1.29 is 0 Å². The molecule has 0 aliphatic rings. The number of nitrogens with one attached hydrogen (secondary N) is 2. The molecule has 20 heavy (non-hydrogen) atoms. The predicted octanol–water partition coefficient (Wildman–Crippen LogP) is 3.28. The minimum absolute atomic E-state index is 0.313. The summed E-state index contributed by atoms with van der Waals surface area (Å²) in [6.07, 6.45) is 0.966. The summed E-state index contributed by atoms with van der Waals surface area (Å²) < 4.78 is 0. The van der Waals surface area contributed by atoms with Gasteiger partial charge in [-0.15, -0.1) is 0 Å². The highest BCUT2D eigenvalue weighted by molar-refractivity contribution is 7.80. The van der Waals surface area contributed by atoms with Crippen molar-refractivity contribution in [1.82, 2.24) is 10.6 Å². The quantitative estimate of drug-likeness (QED) is 0.824. The van der Waals surface area contributed by atoms with Gasteiger partial charge in [0.2, 0.25) is 0 Å². The van der Waals surface area contributed by atoms with Gasteiger partial charge < -0.3 is 10.6 Å². The maximum absolute atomic E-state index is 5.32. The second-order valence-electron chi connectivity index (χ2n) is 4.90. The van der Waals surface area contributed by atoms with Gasteiger partial charge in [-0.3, -0.25) is 0 Å². The van der Waals surface area contributed by atoms with Crippen LogP contribution in [0.25, 0.3) is 0 Å². The minimum Gasteiger partial charge on any atom is -0.360 e. The molecule has 0 spiro atoms. The molecule has 2 N–H and O–H groups in total. The van der Waals surface area contributed by atoms with Crippen LogP contribution in [0.2, 0.25) is 0 Å². The highest BCUT2D eigenvalue weighted by Crippen LogP contribution is 2.02. The average molecular weight is 284 g/mol. The Morgan fingerprint density at radius 1 is 0.950 bits per heavy atom. The average Bonchev–Trinajstić information content (AvgIpc) is 2.47. The fraction of sp³-hybridized carbons (Fsp3) is 0.235. The van der Waals surface area contributed by atoms with Crippen LogP contribution >= 0.6 is 12.2 Å². The van der Waals surface area contributed by atoms with Crippen LogP contribution in [0.3, 0.4) is 0 Å². The van der Waals surface area contributed by atoms with Gasteiger partial charge in [0.25, 0.3) is 0 Å². The summed E-state index contributed by atoms with van der Waals surface area (Å²) in [6.45, 7) is 2.90. The third-order valence-corrected chi connectivity index (χ3v) is 3.32. The van der Waals surface area contributed by atoms with E-state index in [0.717, 1.165) is 13.0 Å². The highest BCUT2D eigenvalue weighted by atomic mass is 32.1. The van der Waals surface area contributed by atoms with Crippen molar-refractivity contribution in [3.05, 3.63) is 71.8 Å². The van der Waals surface area contributed by atoms with E-state index in [2.05, 4.69) is 54.0 Å². The minimum atomic E-state index is 0.313. The van der Waals surface area contributed by atoms with Crippen LogP contribution in [0.15, 0.2) is 60.7 Å². The Morgan fingerprint density at radius 2 is 1.50 bits per heavy atom. The van der Waals surface area contributed by atoms with Crippen molar-refractivity contribution in [3.8, 4) is 0 Å². The molecule has 0 saturated carbocycles. The fourth-order valence-corrected chi connectivity index (χ4v) is 2.35. The summed E-state index contributed by atoms with van der Waals surface area (Å²) in [5.74, 6) is 0. The SMILES string of the molecule is C[C@@H](Cc1ccccc1)NC(=S)NCc1ccccc1. The van der Waals surface area contributed by atoms with Gasteiger partial charge in [0.05, 0.1) is 0 Å². The van der Waals surface area contributed by atoms with Gasteiger partial charge >= 0.3 is 0 Å². The molecular formula is C17H20N2S. The molecule has 0 aliphatic heterocycles. The van der Waals surface area contributed by atoms with Crippen molar-refractivity contribution in [2.45, 2.75) is 25.9 Å². The van der Waals surface area contributed by atoms with Crippen LogP contribution in [0.1, 0.15) is 18.1 Å². The summed E-state index contributed by atoms with van der Waals surface area (Å²) in [5, 5.41) is 7.26. The maximum Gasteiger partial charge on any atom is 0.166 e. The van der Waals surface area contributed by atoms with Crippen molar-refractivity contribution in [1.29, 1.82) is 0 Å². The molecule has 0 fully saturated rings. The van der Waals surface area contributed by atoms with E-state index in [0.29, 0.717) is 11.2 Å². The van der Waals surface area contributed by atoms with Crippen LogP contribution in [0.5, 0.6) is 0 Å². The van der Waals surface area contributed by atoms with E-state index in [1.165, 1.54) is 11.1 Å². The third kappa shape index (κ3) is 5.02. The molecule has 0 saturated heterocycles. The van der Waals surface area contributed by atoms with Crippen LogP contribution < -0.4 is 10.6 Å². The third-order valence-electron chi connectivity index (χ3n) is 3.06. The normalized spacial score (nSPS) is 11.7. The highest BCUT2D eigenvalue weighted by Gasteiger charge is 2.04. The van der Waals surface area contributed by atoms with Gasteiger partial charge in [-0.05, 0) is 36.7 Å². The lowest BCUT2D eigenvalue weighted by atomic mass is 10.1. The number of hydrogen-bond acceptors (Lipinski definition) is 1. The van der Waals surface area contributed by atoms with Gasteiger partial charge in [0, 0.05) is 12.6 Å². The van der Waals surface area contributed by atoms with E-state index in [4.69, 9.17) is 12.2 Å². The Hall–Kier alpha value is -1.87. The van der Waals surface area contributed by atoms with Crippen molar-refractivity contribution in [3.63, 3.8) is 0 Å². The molecule has 2 aromatic carbocycles. The lowest BCUT2D eigenvalue weighted by molar-refractivity contribution is 0.649. The first-order valence-electron chi connectivity index (χ1n) is 6.86. The largest absolute Gasteiger partial charge is 0.360 e. The van der Waals surface area contributed by atoms with E-state index in [1.807, 2.05) is 24.3 Å². The second-order valence-corrected chi connectivity index (χ2v) is 5.31. The number of thiocarbonyl (C=S) groups is 1. The van der Waals surface area contributed by atoms with Gasteiger partial charge in [-0.25, -0.2) is 0 Å². The number of rotatable bonds is 5. The van der Waals surface area contributed by atoms with E-state index in [1.54, 1.807) is 0 Å². The summed E-state index contributed by atoms with van der Waals surface area (Å²) >= 11 is 5.32. The molecule has 0 radical (unpaired) electrons. The topological polar surface area (TPSA) is 24.1 Å². The maximum atomic E-state index is 5.32. The van der Waals surface area contributed by atoms with Crippen LogP contribution in [0, 0.1) is 0 Å². The Bertz CT molecular complexity index is 525. The molecule has 104 valence electrons. The van der Waals surface area contributed by atoms with E-state index < -0.39 is 0 Å². The molecule has 0 aliphatic carbocycles. The molecule has 0 heterocycles. The van der Waals surface area contributed by atoms with Gasteiger partial charge in [0.15, 0.2) is 5.11 Å². The van der Waals surface area contributed by atoms with Gasteiger partial charge in [-0.1, -0.05) is 60.7 Å². The smallest absolute Gasteiger partial charge is 0.166 e. The Balaban J connectivity index is 1.74. The van der Waals surface area contributed by atoms with Crippen molar-refractivity contribution in [2.75, 3.05) is 0 Å². The lowest BCUT2D eigenvalue weighted by Crippen LogP contribution is -2.41. The zero-order valence-corrected chi connectivity index (χ0v) is 12.5. The summed E-state index contributed by atoms with van der Waals surface area (Å²) in [6, 6.07) is 21.0. The van der Waals surface area contributed by atoms with Crippen LogP contribution in [-0.4, -0.2) is 11.2 Å². The van der Waals surface area contributed by atoms with Crippen molar-refractivity contribution in [2.24, 2.45) is 0 Å². The zero-order chi connectivity index (χ0) is 14.2. The molecule has 0 amide bonds. The van der Waals surface area contributed by atoms with E-state index in [-0.39, 0.29) is 0 Å². The van der Waals surface area contributed by atoms with Crippen LogP contribution in [0.4, 0.5) is 0 Å². The number of hydrogen-bond donors (Lipinski definition) is 2. The first kappa shape index (κ1) is 14.5. The fourth-order valence-electron chi connectivity index (χ4n) is 2.07. The molecule has 1 atom stereocenters. The Labute approximate surface area is 126 Å². The van der Waals surface area contributed by atoms with E-state index >= 15 is 0 Å². The van der Waals surface area contributed by atoms with Crippen LogP contribution in [-0.2, 0) is 13.0 Å². The molecule has 0 aromatic heterocycles. The Kier molecular flexibility index (Phi) is 5.56. The molecule has 2 rings (SSSR count). The second kappa shape index (κ2) is 7.65. The lowest BCUT2D eigenvalue weighted by Gasteiger charge is -2.17. The summed E-state index contributed by atoms with van der Waals surface area (Å²) in [7, 11) is 0. The first-order chi connectivity index (χ1) is 9.74.